The summed E-state index contributed by atoms with van der Waals surface area (Å²) in [5.41, 5.74) is 0.187. The Morgan fingerprint density at radius 2 is 1.79 bits per heavy atom. The molecule has 0 bridgehead atoms. The largest absolute Gasteiger partial charge is 0.573 e. The summed E-state index contributed by atoms with van der Waals surface area (Å²) in [6.45, 7) is 3.55. The van der Waals surface area contributed by atoms with Crippen LogP contribution in [0.1, 0.15) is 42.3 Å². The van der Waals surface area contributed by atoms with Crippen molar-refractivity contribution in [2.75, 3.05) is 16.0 Å². The monoisotopic (exact) mass is 694 g/mol. The van der Waals surface area contributed by atoms with Crippen molar-refractivity contribution in [1.29, 1.82) is 0 Å². The molecule has 3 aromatic carbocycles. The smallest absolute Gasteiger partial charge is 0.406 e. The third-order valence-electron chi connectivity index (χ3n) is 6.81. The Labute approximate surface area is 272 Å². The van der Waals surface area contributed by atoms with Gasteiger partial charge in [0.2, 0.25) is 0 Å². The number of benzene rings is 3. The van der Waals surface area contributed by atoms with Crippen LogP contribution in [0.3, 0.4) is 0 Å². The fraction of sp³-hybridized carbons (Fsp3) is 0.226. The van der Waals surface area contributed by atoms with Gasteiger partial charge in [-0.3, -0.25) is 4.90 Å². The molecule has 252 valence electrons. The van der Waals surface area contributed by atoms with Gasteiger partial charge in [0, 0.05) is 11.4 Å². The van der Waals surface area contributed by atoms with Gasteiger partial charge in [0.1, 0.15) is 24.1 Å². The zero-order chi connectivity index (χ0) is 34.8. The molecule has 0 spiro atoms. The van der Waals surface area contributed by atoms with E-state index in [1.807, 2.05) is 0 Å². The number of hydrogen-bond donors (Lipinski definition) is 2. The molecule has 1 fully saturated rings. The summed E-state index contributed by atoms with van der Waals surface area (Å²) >= 11 is 0.961. The number of aliphatic hydroxyl groups excluding tert-OH is 1. The number of hydrogen-bond acceptors (Lipinski definition) is 6. The van der Waals surface area contributed by atoms with Crippen molar-refractivity contribution in [3.63, 3.8) is 0 Å². The van der Waals surface area contributed by atoms with Crippen LogP contribution in [0.15, 0.2) is 72.0 Å². The molecule has 1 saturated heterocycles. The van der Waals surface area contributed by atoms with Gasteiger partial charge in [-0.05, 0) is 71.7 Å². The second kappa shape index (κ2) is 13.7. The molecule has 1 atom stereocenters. The molecule has 2 amide bonds. The standard InChI is InChI=1S/C31H25F7N6O3S/c1-17(2)22-10-5-19(30(33,34)35)14-25(22)44-27(45)15-48-29(44)41-28(46)40-24-11-3-18(13-23(24)32)4-12-26-39-16-43(42-26)20-6-8-21(9-7-20)47-31(36,37)38/h3-14,16-17,27,45H,15H2,1-2H3,(H,40,46)/b12-4+,41-29?. The van der Waals surface area contributed by atoms with Crippen molar-refractivity contribution in [3.05, 3.63) is 95.3 Å². The first-order chi connectivity index (χ1) is 22.6. The third kappa shape index (κ3) is 8.32. The van der Waals surface area contributed by atoms with Gasteiger partial charge in [0.05, 0.1) is 16.9 Å². The average Bonchev–Trinajstić information content (AvgIpc) is 3.62. The maximum atomic E-state index is 14.9. The van der Waals surface area contributed by atoms with E-state index in [2.05, 4.69) is 25.1 Å². The summed E-state index contributed by atoms with van der Waals surface area (Å²) in [4.78, 5) is 22.0. The fourth-order valence-corrected chi connectivity index (χ4v) is 5.56. The molecule has 0 saturated carbocycles. The molecule has 1 aliphatic rings. The Hall–Kier alpha value is -4.90. The number of aliphatic hydroxyl groups is 1. The van der Waals surface area contributed by atoms with Gasteiger partial charge in [0.15, 0.2) is 11.0 Å². The fourth-order valence-electron chi connectivity index (χ4n) is 4.60. The number of rotatable bonds is 7. The third-order valence-corrected chi connectivity index (χ3v) is 7.82. The summed E-state index contributed by atoms with van der Waals surface area (Å²) in [5.74, 6) is -1.19. The molecule has 9 nitrogen and oxygen atoms in total. The predicted octanol–water partition coefficient (Wildman–Crippen LogP) is 8.08. The first-order valence-electron chi connectivity index (χ1n) is 14.0. The number of urea groups is 1. The molecule has 0 aliphatic carbocycles. The molecule has 17 heteroatoms. The number of alkyl halides is 6. The van der Waals surface area contributed by atoms with Crippen molar-refractivity contribution in [1.82, 2.24) is 14.8 Å². The van der Waals surface area contributed by atoms with E-state index in [0.29, 0.717) is 16.8 Å². The van der Waals surface area contributed by atoms with E-state index in [9.17, 15) is 40.6 Å². The molecule has 48 heavy (non-hydrogen) atoms. The lowest BCUT2D eigenvalue weighted by Gasteiger charge is -2.27. The molecule has 5 rings (SSSR count). The zero-order valence-corrected chi connectivity index (χ0v) is 25.7. The first kappa shape index (κ1) is 34.4. The van der Waals surface area contributed by atoms with Gasteiger partial charge in [-0.15, -0.1) is 18.3 Å². The van der Waals surface area contributed by atoms with Crippen molar-refractivity contribution >= 4 is 46.5 Å². The number of nitrogens with one attached hydrogen (secondary N) is 1. The highest BCUT2D eigenvalue weighted by Crippen LogP contribution is 2.39. The van der Waals surface area contributed by atoms with E-state index in [4.69, 9.17) is 0 Å². The highest BCUT2D eigenvalue weighted by molar-refractivity contribution is 8.14. The Morgan fingerprint density at radius 3 is 2.44 bits per heavy atom. The number of ether oxygens (including phenoxy) is 1. The summed E-state index contributed by atoms with van der Waals surface area (Å²) in [5, 5.41) is 17.1. The Bertz CT molecular complexity index is 1860. The van der Waals surface area contributed by atoms with Gasteiger partial charge in [0.25, 0.3) is 0 Å². The number of amides is 2. The van der Waals surface area contributed by atoms with Crippen molar-refractivity contribution in [2.24, 2.45) is 4.99 Å². The predicted molar refractivity (Wildman–Crippen MR) is 166 cm³/mol. The molecule has 1 unspecified atom stereocenters. The lowest BCUT2D eigenvalue weighted by molar-refractivity contribution is -0.274. The lowest BCUT2D eigenvalue weighted by Crippen LogP contribution is -2.35. The maximum Gasteiger partial charge on any atom is 0.573 e. The van der Waals surface area contributed by atoms with Crippen LogP contribution in [0.5, 0.6) is 5.75 Å². The summed E-state index contributed by atoms with van der Waals surface area (Å²) in [6.07, 6.45) is -6.43. The molecular weight excluding hydrogens is 669 g/mol. The summed E-state index contributed by atoms with van der Waals surface area (Å²) in [7, 11) is 0. The van der Waals surface area contributed by atoms with Crippen LogP contribution in [0, 0.1) is 5.82 Å². The van der Waals surface area contributed by atoms with E-state index >= 15 is 0 Å². The van der Waals surface area contributed by atoms with E-state index in [1.54, 1.807) is 13.8 Å². The number of carbonyl (C=O) groups is 1. The topological polar surface area (TPSA) is 105 Å². The first-order valence-corrected chi connectivity index (χ1v) is 15.0. The Morgan fingerprint density at radius 1 is 1.06 bits per heavy atom. The highest BCUT2D eigenvalue weighted by atomic mass is 32.2. The van der Waals surface area contributed by atoms with Crippen LogP contribution >= 0.6 is 11.8 Å². The van der Waals surface area contributed by atoms with Crippen molar-refractivity contribution in [2.45, 2.75) is 38.5 Å². The van der Waals surface area contributed by atoms with Crippen LogP contribution in [0.25, 0.3) is 17.8 Å². The van der Waals surface area contributed by atoms with Gasteiger partial charge in [-0.25, -0.2) is 18.9 Å². The second-order valence-corrected chi connectivity index (χ2v) is 11.6. The van der Waals surface area contributed by atoms with Crippen LogP contribution < -0.4 is 15.0 Å². The Balaban J connectivity index is 1.27. The molecule has 4 aromatic rings. The summed E-state index contributed by atoms with van der Waals surface area (Å²) < 4.78 is 97.7. The number of carbonyl (C=O) groups excluding carboxylic acids is 1. The minimum atomic E-state index is -4.82. The van der Waals surface area contributed by atoms with Crippen molar-refractivity contribution < 1.29 is 45.4 Å². The SMILES string of the molecule is CC(C)c1ccc(C(F)(F)F)cc1N1C(=NC(=O)Nc2ccc(/C=C/c3ncn(-c4ccc(OC(F)(F)F)cc4)n3)cc2F)SCC1O. The minimum absolute atomic E-state index is 0.0333. The number of thioether (sulfide) groups is 1. The minimum Gasteiger partial charge on any atom is -0.406 e. The quantitative estimate of drug-likeness (QED) is 0.189. The molecular formula is C31H25F7N6O3S. The van der Waals surface area contributed by atoms with E-state index in [-0.39, 0.29) is 34.0 Å². The zero-order valence-electron chi connectivity index (χ0n) is 24.9. The van der Waals surface area contributed by atoms with Gasteiger partial charge < -0.3 is 15.2 Å². The number of anilines is 2. The van der Waals surface area contributed by atoms with Gasteiger partial charge >= 0.3 is 18.6 Å². The average molecular weight is 695 g/mol. The van der Waals surface area contributed by atoms with E-state index in [1.165, 1.54) is 53.5 Å². The molecule has 0 radical (unpaired) electrons. The van der Waals surface area contributed by atoms with Crippen molar-refractivity contribution in [3.8, 4) is 11.4 Å². The number of halogens is 7. The van der Waals surface area contributed by atoms with Crippen LogP contribution in [-0.4, -0.2) is 49.4 Å². The van der Waals surface area contributed by atoms with E-state index in [0.717, 1.165) is 47.0 Å². The number of amidine groups is 1. The molecule has 1 aromatic heterocycles. The highest BCUT2D eigenvalue weighted by Gasteiger charge is 2.36. The second-order valence-electron chi connectivity index (χ2n) is 10.6. The van der Waals surface area contributed by atoms with Crippen LogP contribution in [0.2, 0.25) is 0 Å². The molecule has 2 N–H and O–H groups in total. The lowest BCUT2D eigenvalue weighted by atomic mass is 9.98. The maximum absolute atomic E-state index is 14.9. The van der Waals surface area contributed by atoms with Gasteiger partial charge in [-0.1, -0.05) is 43.8 Å². The number of aromatic nitrogens is 3. The normalized spacial score (nSPS) is 16.4. The number of aliphatic imine (C=N–C) groups is 1. The van der Waals surface area contributed by atoms with Crippen LogP contribution in [0.4, 0.5) is 46.9 Å². The van der Waals surface area contributed by atoms with Crippen LogP contribution in [-0.2, 0) is 6.18 Å². The Kier molecular flexibility index (Phi) is 9.81. The summed E-state index contributed by atoms with van der Waals surface area (Å²) in [6, 6.07) is 11.0. The van der Waals surface area contributed by atoms with E-state index < -0.39 is 41.9 Å². The molecule has 1 aliphatic heterocycles. The van der Waals surface area contributed by atoms with Gasteiger partial charge in [-0.2, -0.15) is 18.2 Å². The number of nitrogens with zero attached hydrogens (tertiary/aromatic N) is 5. The molecule has 2 heterocycles.